The Bertz CT molecular complexity index is 1330. The summed E-state index contributed by atoms with van der Waals surface area (Å²) in [5, 5.41) is 15.0. The molecule has 1 aromatic heterocycles. The van der Waals surface area contributed by atoms with Crippen molar-refractivity contribution in [3.05, 3.63) is 98.5 Å². The van der Waals surface area contributed by atoms with Crippen LogP contribution in [0, 0.1) is 17.0 Å². The van der Waals surface area contributed by atoms with E-state index in [1.807, 2.05) is 6.07 Å². The molecule has 0 aliphatic heterocycles. The van der Waals surface area contributed by atoms with Crippen LogP contribution in [0.15, 0.2) is 64.1 Å². The lowest BCUT2D eigenvalue weighted by Gasteiger charge is -2.13. The van der Waals surface area contributed by atoms with Crippen LogP contribution in [-0.2, 0) is 6.42 Å². The fourth-order valence-corrected chi connectivity index (χ4v) is 3.75. The number of carbonyl (C=O) groups excluding carboxylic acids is 3. The quantitative estimate of drug-likeness (QED) is 0.380. The van der Waals surface area contributed by atoms with Gasteiger partial charge in [0, 0.05) is 40.8 Å². The number of hydrogen-bond acceptors (Lipinski definition) is 7. The number of fused-ring (bicyclic) bond motifs is 1. The third-order valence-electron chi connectivity index (χ3n) is 5.49. The molecule has 0 spiro atoms. The number of benzene rings is 2. The van der Waals surface area contributed by atoms with E-state index in [-0.39, 0.29) is 22.9 Å². The summed E-state index contributed by atoms with van der Waals surface area (Å²) >= 11 is 0. The third kappa shape index (κ3) is 5.08. The normalized spacial score (nSPS) is 13.6. The van der Waals surface area contributed by atoms with Crippen molar-refractivity contribution in [2.75, 3.05) is 0 Å². The standard InChI is InChI=1S/C24H21N5O6/c1-14-20-18(25-26-22(30)15-6-3-2-4-7-15)8-5-9-19(20)35-21(14)24(32)28-27-23(31)16-10-12-17(13-11-16)29(33)34/h2-4,6-7,10-13H,5,8-9H2,1H3,(H,26,30)(H,27,31)(H,28,32)/b25-18+. The highest BCUT2D eigenvalue weighted by molar-refractivity contribution is 6.07. The molecule has 178 valence electrons. The van der Waals surface area contributed by atoms with Crippen LogP contribution < -0.4 is 16.3 Å². The van der Waals surface area contributed by atoms with Gasteiger partial charge in [0.2, 0.25) is 0 Å². The highest BCUT2D eigenvalue weighted by Crippen LogP contribution is 2.29. The van der Waals surface area contributed by atoms with Crippen LogP contribution in [-0.4, -0.2) is 28.4 Å². The minimum absolute atomic E-state index is 0.0167. The number of nitro benzene ring substituents is 1. The third-order valence-corrected chi connectivity index (χ3v) is 5.49. The molecule has 3 aromatic rings. The molecule has 4 rings (SSSR count). The first kappa shape index (κ1) is 23.4. The fourth-order valence-electron chi connectivity index (χ4n) is 3.75. The number of aryl methyl sites for hydroxylation is 1. The van der Waals surface area contributed by atoms with E-state index in [0.29, 0.717) is 41.0 Å². The van der Waals surface area contributed by atoms with Gasteiger partial charge in [0.05, 0.1) is 10.6 Å². The molecule has 2 aromatic carbocycles. The monoisotopic (exact) mass is 475 g/mol. The lowest BCUT2D eigenvalue weighted by molar-refractivity contribution is -0.384. The number of carbonyl (C=O) groups is 3. The first-order valence-corrected chi connectivity index (χ1v) is 10.7. The molecule has 0 fully saturated rings. The van der Waals surface area contributed by atoms with Crippen molar-refractivity contribution in [3.8, 4) is 0 Å². The molecule has 0 saturated carbocycles. The molecule has 0 unspecified atom stereocenters. The van der Waals surface area contributed by atoms with Gasteiger partial charge in [-0.15, -0.1) is 0 Å². The summed E-state index contributed by atoms with van der Waals surface area (Å²) in [5.74, 6) is -1.07. The molecule has 1 aliphatic rings. The Kier molecular flexibility index (Phi) is 6.67. The van der Waals surface area contributed by atoms with Gasteiger partial charge < -0.3 is 4.42 Å². The summed E-state index contributed by atoms with van der Waals surface area (Å²) in [6.45, 7) is 1.70. The Labute approximate surface area is 199 Å². The van der Waals surface area contributed by atoms with Gasteiger partial charge in [-0.3, -0.25) is 35.3 Å². The van der Waals surface area contributed by atoms with Crippen LogP contribution in [0.25, 0.3) is 0 Å². The minimum atomic E-state index is -0.667. The van der Waals surface area contributed by atoms with Gasteiger partial charge >= 0.3 is 5.91 Å². The zero-order valence-electron chi connectivity index (χ0n) is 18.7. The molecular formula is C24H21N5O6. The van der Waals surface area contributed by atoms with Gasteiger partial charge in [-0.25, -0.2) is 5.43 Å². The summed E-state index contributed by atoms with van der Waals surface area (Å²) in [5.41, 5.74) is 9.37. The average Bonchev–Trinajstić information content (AvgIpc) is 3.23. The van der Waals surface area contributed by atoms with E-state index in [9.17, 15) is 24.5 Å². The molecule has 0 saturated heterocycles. The molecular weight excluding hydrogens is 454 g/mol. The maximum atomic E-state index is 12.7. The Balaban J connectivity index is 1.45. The van der Waals surface area contributed by atoms with Gasteiger partial charge in [-0.2, -0.15) is 5.10 Å². The number of non-ortho nitro benzene ring substituents is 1. The van der Waals surface area contributed by atoms with Crippen molar-refractivity contribution in [1.29, 1.82) is 0 Å². The van der Waals surface area contributed by atoms with E-state index in [0.717, 1.165) is 6.42 Å². The summed E-state index contributed by atoms with van der Waals surface area (Å²) in [7, 11) is 0. The zero-order chi connectivity index (χ0) is 24.9. The topological polar surface area (TPSA) is 156 Å². The van der Waals surface area contributed by atoms with E-state index in [2.05, 4.69) is 21.4 Å². The number of hydrazone groups is 1. The number of amides is 3. The van der Waals surface area contributed by atoms with Gasteiger partial charge in [-0.05, 0) is 44.0 Å². The van der Waals surface area contributed by atoms with Crippen LogP contribution in [0.1, 0.15) is 61.0 Å². The van der Waals surface area contributed by atoms with E-state index < -0.39 is 16.7 Å². The van der Waals surface area contributed by atoms with Crippen LogP contribution >= 0.6 is 0 Å². The average molecular weight is 475 g/mol. The van der Waals surface area contributed by atoms with Crippen LogP contribution in [0.4, 0.5) is 5.69 Å². The molecule has 1 heterocycles. The molecule has 0 radical (unpaired) electrons. The number of nitrogens with one attached hydrogen (secondary N) is 3. The number of nitro groups is 1. The van der Waals surface area contributed by atoms with Crippen molar-refractivity contribution >= 4 is 29.1 Å². The van der Waals surface area contributed by atoms with Crippen molar-refractivity contribution < 1.29 is 23.7 Å². The molecule has 0 bridgehead atoms. The first-order valence-electron chi connectivity index (χ1n) is 10.7. The number of rotatable bonds is 5. The van der Waals surface area contributed by atoms with E-state index in [4.69, 9.17) is 4.42 Å². The van der Waals surface area contributed by atoms with Crippen LogP contribution in [0.3, 0.4) is 0 Å². The SMILES string of the molecule is Cc1c(C(=O)NNC(=O)c2ccc([N+](=O)[O-])cc2)oc2c1/C(=N/NC(=O)c1ccccc1)CCC2. The van der Waals surface area contributed by atoms with Crippen molar-refractivity contribution in [2.24, 2.45) is 5.10 Å². The minimum Gasteiger partial charge on any atom is -0.455 e. The van der Waals surface area contributed by atoms with Crippen LogP contribution in [0.5, 0.6) is 0 Å². The van der Waals surface area contributed by atoms with Gasteiger partial charge in [0.25, 0.3) is 17.5 Å². The molecule has 3 N–H and O–H groups in total. The Hall–Kier alpha value is -4.80. The van der Waals surface area contributed by atoms with Gasteiger partial charge in [0.1, 0.15) is 5.76 Å². The zero-order valence-corrected chi connectivity index (χ0v) is 18.7. The molecule has 1 aliphatic carbocycles. The second-order valence-corrected chi connectivity index (χ2v) is 7.79. The maximum absolute atomic E-state index is 12.7. The van der Waals surface area contributed by atoms with E-state index >= 15 is 0 Å². The molecule has 11 heteroatoms. The molecule has 11 nitrogen and oxygen atoms in total. The Morgan fingerprint density at radius 2 is 1.57 bits per heavy atom. The second kappa shape index (κ2) is 10.00. The van der Waals surface area contributed by atoms with E-state index in [1.54, 1.807) is 31.2 Å². The lowest BCUT2D eigenvalue weighted by Crippen LogP contribution is -2.41. The fraction of sp³-hybridized carbons (Fsp3) is 0.167. The van der Waals surface area contributed by atoms with Crippen molar-refractivity contribution in [3.63, 3.8) is 0 Å². The number of hydrazine groups is 1. The summed E-state index contributed by atoms with van der Waals surface area (Å²) in [6, 6.07) is 13.6. The number of furan rings is 1. The van der Waals surface area contributed by atoms with Crippen molar-refractivity contribution in [1.82, 2.24) is 16.3 Å². The highest BCUT2D eigenvalue weighted by atomic mass is 16.6. The number of nitrogens with zero attached hydrogens (tertiary/aromatic N) is 2. The lowest BCUT2D eigenvalue weighted by atomic mass is 9.93. The van der Waals surface area contributed by atoms with Crippen LogP contribution in [0.2, 0.25) is 0 Å². The second-order valence-electron chi connectivity index (χ2n) is 7.79. The predicted molar refractivity (Wildman–Crippen MR) is 125 cm³/mol. The summed E-state index contributed by atoms with van der Waals surface area (Å²) < 4.78 is 5.77. The van der Waals surface area contributed by atoms with Gasteiger partial charge in [-0.1, -0.05) is 18.2 Å². The summed E-state index contributed by atoms with van der Waals surface area (Å²) in [4.78, 5) is 47.5. The smallest absolute Gasteiger partial charge is 0.305 e. The molecule has 0 atom stereocenters. The molecule has 35 heavy (non-hydrogen) atoms. The molecule has 3 amide bonds. The predicted octanol–water partition coefficient (Wildman–Crippen LogP) is 3.04. The highest BCUT2D eigenvalue weighted by Gasteiger charge is 2.28. The maximum Gasteiger partial charge on any atom is 0.305 e. The Morgan fingerprint density at radius 1 is 0.914 bits per heavy atom. The van der Waals surface area contributed by atoms with E-state index in [1.165, 1.54) is 24.3 Å². The Morgan fingerprint density at radius 3 is 2.26 bits per heavy atom. The first-order chi connectivity index (χ1) is 16.8. The van der Waals surface area contributed by atoms with Gasteiger partial charge in [0.15, 0.2) is 5.76 Å². The number of hydrogen-bond donors (Lipinski definition) is 3. The summed E-state index contributed by atoms with van der Waals surface area (Å²) in [6.07, 6.45) is 1.93. The largest absolute Gasteiger partial charge is 0.455 e. The van der Waals surface area contributed by atoms with Crippen molar-refractivity contribution in [2.45, 2.75) is 26.2 Å².